The number of nitrogen functional groups attached to an aromatic ring is 1. The van der Waals surface area contributed by atoms with Crippen molar-refractivity contribution < 1.29 is 4.79 Å². The van der Waals surface area contributed by atoms with E-state index in [1.807, 2.05) is 11.0 Å². The van der Waals surface area contributed by atoms with Crippen molar-refractivity contribution >= 4 is 24.0 Å². The quantitative estimate of drug-likeness (QED) is 0.894. The van der Waals surface area contributed by atoms with Gasteiger partial charge < -0.3 is 10.6 Å². The highest BCUT2D eigenvalue weighted by molar-refractivity contribution is 5.85. The van der Waals surface area contributed by atoms with Crippen molar-refractivity contribution in [2.24, 2.45) is 0 Å². The van der Waals surface area contributed by atoms with E-state index in [0.29, 0.717) is 18.2 Å². The zero-order chi connectivity index (χ0) is 12.3. The van der Waals surface area contributed by atoms with Gasteiger partial charge >= 0.3 is 0 Å². The van der Waals surface area contributed by atoms with Gasteiger partial charge in [0.2, 0.25) is 5.91 Å². The molecule has 2 heterocycles. The van der Waals surface area contributed by atoms with Crippen LogP contribution in [-0.2, 0) is 11.2 Å². The number of hydrogen-bond donors (Lipinski definition) is 1. The Balaban J connectivity index is 0.00000162. The first-order valence-electron chi connectivity index (χ1n) is 6.16. The second kappa shape index (κ2) is 6.59. The Morgan fingerprint density at radius 3 is 2.89 bits per heavy atom. The largest absolute Gasteiger partial charge is 0.397 e. The van der Waals surface area contributed by atoms with Crippen LogP contribution in [0.4, 0.5) is 5.69 Å². The van der Waals surface area contributed by atoms with Crippen LogP contribution < -0.4 is 5.73 Å². The number of nitrogens with two attached hydrogens (primary N) is 1. The molecular formula is C13H20ClN3O. The maximum Gasteiger partial charge on any atom is 0.228 e. The number of amides is 1. The Labute approximate surface area is 114 Å². The van der Waals surface area contributed by atoms with Crippen LogP contribution in [0.15, 0.2) is 18.3 Å². The Bertz CT molecular complexity index is 394. The van der Waals surface area contributed by atoms with Crippen LogP contribution in [0, 0.1) is 0 Å². The Hall–Kier alpha value is -1.29. The second-order valence-corrected chi connectivity index (χ2v) is 4.69. The van der Waals surface area contributed by atoms with Gasteiger partial charge in [-0.25, -0.2) is 0 Å². The molecule has 1 aromatic rings. The standard InChI is InChI=1S/C13H19N3O.ClH/c1-10-4-2-3-7-16(10)13(17)8-12-6-5-11(14)9-15-12;/h5-6,9-10H,2-4,7-8,14H2,1H3;1H. The molecule has 5 heteroatoms. The summed E-state index contributed by atoms with van der Waals surface area (Å²) in [6, 6.07) is 3.97. The van der Waals surface area contributed by atoms with Crippen molar-refractivity contribution in [2.75, 3.05) is 12.3 Å². The van der Waals surface area contributed by atoms with Crippen LogP contribution in [0.25, 0.3) is 0 Å². The molecule has 0 aliphatic carbocycles. The summed E-state index contributed by atoms with van der Waals surface area (Å²) in [5.74, 6) is 0.175. The van der Waals surface area contributed by atoms with E-state index in [1.165, 1.54) is 6.42 Å². The number of aromatic nitrogens is 1. The summed E-state index contributed by atoms with van der Waals surface area (Å²) in [6.07, 6.45) is 5.43. The monoisotopic (exact) mass is 269 g/mol. The van der Waals surface area contributed by atoms with Gasteiger partial charge in [0.1, 0.15) is 0 Å². The average Bonchev–Trinajstić information content (AvgIpc) is 2.32. The zero-order valence-electron chi connectivity index (χ0n) is 10.6. The number of anilines is 1. The predicted octanol–water partition coefficient (Wildman–Crippen LogP) is 2.03. The number of carbonyl (C=O) groups excluding carboxylic acids is 1. The summed E-state index contributed by atoms with van der Waals surface area (Å²) >= 11 is 0. The van der Waals surface area contributed by atoms with E-state index in [0.717, 1.165) is 25.1 Å². The molecule has 1 amide bonds. The first kappa shape index (κ1) is 14.8. The first-order chi connectivity index (χ1) is 8.16. The summed E-state index contributed by atoms with van der Waals surface area (Å²) in [5, 5.41) is 0. The molecule has 1 saturated heterocycles. The number of nitrogens with zero attached hydrogens (tertiary/aromatic N) is 2. The van der Waals surface area contributed by atoms with E-state index in [4.69, 9.17) is 5.73 Å². The van der Waals surface area contributed by atoms with Gasteiger partial charge in [0.25, 0.3) is 0 Å². The van der Waals surface area contributed by atoms with E-state index in [9.17, 15) is 4.79 Å². The molecule has 0 bridgehead atoms. The lowest BCUT2D eigenvalue weighted by Gasteiger charge is -2.33. The summed E-state index contributed by atoms with van der Waals surface area (Å²) in [6.45, 7) is 3.00. The summed E-state index contributed by atoms with van der Waals surface area (Å²) < 4.78 is 0. The molecule has 0 saturated carbocycles. The molecule has 4 nitrogen and oxygen atoms in total. The van der Waals surface area contributed by atoms with Crippen molar-refractivity contribution in [2.45, 2.75) is 38.6 Å². The highest BCUT2D eigenvalue weighted by Crippen LogP contribution is 2.17. The number of likely N-dealkylation sites (tertiary alicyclic amines) is 1. The van der Waals surface area contributed by atoms with Gasteiger partial charge in [-0.05, 0) is 38.3 Å². The number of pyridine rings is 1. The highest BCUT2D eigenvalue weighted by atomic mass is 35.5. The number of halogens is 1. The van der Waals surface area contributed by atoms with Crippen LogP contribution in [0.3, 0.4) is 0 Å². The molecule has 18 heavy (non-hydrogen) atoms. The molecule has 2 rings (SSSR count). The van der Waals surface area contributed by atoms with E-state index in [1.54, 1.807) is 12.3 Å². The van der Waals surface area contributed by atoms with Gasteiger partial charge in [-0.15, -0.1) is 12.4 Å². The smallest absolute Gasteiger partial charge is 0.228 e. The third-order valence-electron chi connectivity index (χ3n) is 3.30. The average molecular weight is 270 g/mol. The zero-order valence-corrected chi connectivity index (χ0v) is 11.4. The van der Waals surface area contributed by atoms with Gasteiger partial charge in [-0.2, -0.15) is 0 Å². The molecule has 0 aromatic carbocycles. The van der Waals surface area contributed by atoms with Crippen LogP contribution in [0.5, 0.6) is 0 Å². The summed E-state index contributed by atoms with van der Waals surface area (Å²) in [4.78, 5) is 18.3. The Morgan fingerprint density at radius 1 is 1.50 bits per heavy atom. The fourth-order valence-electron chi connectivity index (χ4n) is 2.27. The van der Waals surface area contributed by atoms with Crippen LogP contribution in [0.2, 0.25) is 0 Å². The first-order valence-corrected chi connectivity index (χ1v) is 6.16. The molecule has 0 radical (unpaired) electrons. The van der Waals surface area contributed by atoms with E-state index in [2.05, 4.69) is 11.9 Å². The fraction of sp³-hybridized carbons (Fsp3) is 0.538. The summed E-state index contributed by atoms with van der Waals surface area (Å²) in [7, 11) is 0. The van der Waals surface area contributed by atoms with Gasteiger partial charge in [0.05, 0.1) is 18.3 Å². The van der Waals surface area contributed by atoms with Crippen molar-refractivity contribution in [3.63, 3.8) is 0 Å². The van der Waals surface area contributed by atoms with Crippen molar-refractivity contribution in [3.8, 4) is 0 Å². The van der Waals surface area contributed by atoms with Crippen molar-refractivity contribution in [1.82, 2.24) is 9.88 Å². The van der Waals surface area contributed by atoms with Crippen molar-refractivity contribution in [1.29, 1.82) is 0 Å². The fourth-order valence-corrected chi connectivity index (χ4v) is 2.27. The number of hydrogen-bond acceptors (Lipinski definition) is 3. The minimum Gasteiger partial charge on any atom is -0.397 e. The third kappa shape index (κ3) is 3.60. The van der Waals surface area contributed by atoms with Gasteiger partial charge in [0.15, 0.2) is 0 Å². The topological polar surface area (TPSA) is 59.2 Å². The molecule has 1 aromatic heterocycles. The van der Waals surface area contributed by atoms with E-state index >= 15 is 0 Å². The summed E-state index contributed by atoms with van der Waals surface area (Å²) in [5.41, 5.74) is 6.99. The van der Waals surface area contributed by atoms with Gasteiger partial charge in [-0.1, -0.05) is 0 Å². The minimum absolute atomic E-state index is 0. The highest BCUT2D eigenvalue weighted by Gasteiger charge is 2.23. The van der Waals surface area contributed by atoms with Gasteiger partial charge in [-0.3, -0.25) is 9.78 Å². The number of piperidine rings is 1. The lowest BCUT2D eigenvalue weighted by Crippen LogP contribution is -2.42. The normalized spacial score (nSPS) is 19.2. The molecule has 1 aliphatic heterocycles. The van der Waals surface area contributed by atoms with Gasteiger partial charge in [0, 0.05) is 18.3 Å². The van der Waals surface area contributed by atoms with Crippen LogP contribution >= 0.6 is 12.4 Å². The molecule has 100 valence electrons. The molecule has 1 aliphatic rings. The van der Waals surface area contributed by atoms with Crippen LogP contribution in [-0.4, -0.2) is 28.4 Å². The Morgan fingerprint density at radius 2 is 2.28 bits per heavy atom. The predicted molar refractivity (Wildman–Crippen MR) is 74.6 cm³/mol. The SMILES string of the molecule is CC1CCCCN1C(=O)Cc1ccc(N)cn1.Cl. The lowest BCUT2D eigenvalue weighted by molar-refractivity contribution is -0.133. The molecule has 1 atom stereocenters. The third-order valence-corrected chi connectivity index (χ3v) is 3.30. The molecule has 1 fully saturated rings. The second-order valence-electron chi connectivity index (χ2n) is 4.69. The Kier molecular flexibility index (Phi) is 5.41. The molecule has 2 N–H and O–H groups in total. The molecule has 0 spiro atoms. The molecular weight excluding hydrogens is 250 g/mol. The van der Waals surface area contributed by atoms with E-state index in [-0.39, 0.29) is 18.3 Å². The maximum atomic E-state index is 12.1. The number of carbonyl (C=O) groups is 1. The van der Waals surface area contributed by atoms with Crippen LogP contribution in [0.1, 0.15) is 31.9 Å². The lowest BCUT2D eigenvalue weighted by atomic mass is 10.0. The number of rotatable bonds is 2. The van der Waals surface area contributed by atoms with Crippen molar-refractivity contribution in [3.05, 3.63) is 24.0 Å². The molecule has 1 unspecified atom stereocenters. The maximum absolute atomic E-state index is 12.1. The minimum atomic E-state index is 0. The van der Waals surface area contributed by atoms with E-state index < -0.39 is 0 Å².